The molecule has 0 N–H and O–H groups in total. The number of hydrogen-bond donors (Lipinski definition) is 0. The normalized spacial score (nSPS) is 16.3. The fourth-order valence-electron chi connectivity index (χ4n) is 3.83. The molecule has 2 aromatic rings. The second-order valence-corrected chi connectivity index (χ2v) is 8.36. The molecule has 3 rings (SSSR count). The van der Waals surface area contributed by atoms with Crippen LogP contribution in [-0.4, -0.2) is 28.4 Å². The first-order valence-corrected chi connectivity index (χ1v) is 12.2. The summed E-state index contributed by atoms with van der Waals surface area (Å²) in [5, 5.41) is 0. The van der Waals surface area contributed by atoms with Crippen LogP contribution in [-0.2, 0) is 5.75 Å². The van der Waals surface area contributed by atoms with Gasteiger partial charge in [-0.2, -0.15) is 0 Å². The summed E-state index contributed by atoms with van der Waals surface area (Å²) in [5.41, 5.74) is 4.07. The van der Waals surface area contributed by atoms with Gasteiger partial charge in [0.2, 0.25) is 0 Å². The summed E-state index contributed by atoms with van der Waals surface area (Å²) in [7, 11) is 0. The number of pyridine rings is 1. The van der Waals surface area contributed by atoms with E-state index in [1.165, 1.54) is 22.4 Å². The summed E-state index contributed by atoms with van der Waals surface area (Å²) >= 11 is 1.78. The van der Waals surface area contributed by atoms with Crippen LogP contribution in [0.15, 0.2) is 47.4 Å². The van der Waals surface area contributed by atoms with Crippen LogP contribution in [0.2, 0.25) is 0 Å². The molecule has 1 amide bonds. The summed E-state index contributed by atoms with van der Waals surface area (Å²) in [4.78, 5) is 21.0. The minimum Gasteiger partial charge on any atom is -0.334 e. The Hall–Kier alpha value is -2.07. The van der Waals surface area contributed by atoms with Crippen molar-refractivity contribution in [1.82, 2.24) is 9.88 Å². The average molecular weight is 425 g/mol. The predicted octanol–water partition coefficient (Wildman–Crippen LogP) is 7.15. The van der Waals surface area contributed by atoms with Crippen molar-refractivity contribution < 1.29 is 4.79 Å². The third-order valence-corrected chi connectivity index (χ3v) is 6.49. The predicted molar refractivity (Wildman–Crippen MR) is 130 cm³/mol. The highest BCUT2D eigenvalue weighted by Crippen LogP contribution is 2.29. The highest BCUT2D eigenvalue weighted by atomic mass is 32.2. The average Bonchev–Trinajstić information content (AvgIpc) is 2.80. The molecule has 0 spiro atoms. The molecule has 1 aliphatic rings. The van der Waals surface area contributed by atoms with E-state index in [4.69, 9.17) is 4.98 Å². The molecule has 1 atom stereocenters. The molecule has 4 heteroatoms. The molecule has 1 aromatic carbocycles. The van der Waals surface area contributed by atoms with E-state index in [1.54, 1.807) is 11.8 Å². The summed E-state index contributed by atoms with van der Waals surface area (Å²) in [6.45, 7) is 11.2. The van der Waals surface area contributed by atoms with E-state index in [1.807, 2.05) is 43.9 Å². The molecule has 3 nitrogen and oxygen atoms in total. The Labute approximate surface area is 187 Å². The number of nitrogens with zero attached hydrogens (tertiary/aromatic N) is 2. The molecule has 30 heavy (non-hydrogen) atoms. The molecule has 0 aliphatic carbocycles. The quantitative estimate of drug-likeness (QED) is 0.462. The monoisotopic (exact) mass is 424 g/mol. The van der Waals surface area contributed by atoms with Gasteiger partial charge in [-0.3, -0.25) is 4.79 Å². The van der Waals surface area contributed by atoms with Crippen LogP contribution in [0.5, 0.6) is 0 Å². The van der Waals surface area contributed by atoms with Crippen LogP contribution >= 0.6 is 11.8 Å². The third-order valence-electron chi connectivity index (χ3n) is 5.38. The van der Waals surface area contributed by atoms with Gasteiger partial charge in [-0.25, -0.2) is 4.98 Å². The van der Waals surface area contributed by atoms with Gasteiger partial charge in [0.15, 0.2) is 0 Å². The van der Waals surface area contributed by atoms with Crippen LogP contribution < -0.4 is 0 Å². The van der Waals surface area contributed by atoms with Crippen molar-refractivity contribution in [2.75, 3.05) is 6.54 Å². The lowest BCUT2D eigenvalue weighted by molar-refractivity contribution is 0.0601. The van der Waals surface area contributed by atoms with Crippen molar-refractivity contribution in [3.05, 3.63) is 65.0 Å². The van der Waals surface area contributed by atoms with Crippen molar-refractivity contribution in [3.63, 3.8) is 0 Å². The molecule has 0 saturated carbocycles. The van der Waals surface area contributed by atoms with E-state index in [0.717, 1.165) is 37.3 Å². The molecule has 1 saturated heterocycles. The molecule has 1 fully saturated rings. The van der Waals surface area contributed by atoms with Gasteiger partial charge in [0.25, 0.3) is 5.91 Å². The summed E-state index contributed by atoms with van der Waals surface area (Å²) in [6, 6.07) is 12.6. The fraction of sp³-hybridized carbons (Fsp3) is 0.462. The largest absolute Gasteiger partial charge is 0.334 e. The van der Waals surface area contributed by atoms with Crippen LogP contribution in [0.1, 0.15) is 80.7 Å². The van der Waals surface area contributed by atoms with Gasteiger partial charge in [-0.1, -0.05) is 51.1 Å². The lowest BCUT2D eigenvalue weighted by Crippen LogP contribution is -2.43. The molecule has 1 unspecified atom stereocenters. The maximum Gasteiger partial charge on any atom is 0.272 e. The minimum absolute atomic E-state index is 0.0866. The number of aryl methyl sites for hydroxylation is 1. The number of thioether (sulfide) groups is 1. The van der Waals surface area contributed by atoms with Gasteiger partial charge in [0.05, 0.1) is 5.69 Å². The van der Waals surface area contributed by atoms with E-state index < -0.39 is 0 Å². The molecular formula is C26H36N2OS. The number of piperidine rings is 1. The van der Waals surface area contributed by atoms with Gasteiger partial charge >= 0.3 is 0 Å². The van der Waals surface area contributed by atoms with E-state index in [2.05, 4.69) is 44.2 Å². The second-order valence-electron chi connectivity index (χ2n) is 7.35. The first-order chi connectivity index (χ1) is 14.6. The SMILES string of the molecule is C/C=C\c1c(C)cccc1SCc1cccc(C(=O)N2CCCCC2CC)n1.CC. The van der Waals surface area contributed by atoms with Crippen LogP contribution in [0.3, 0.4) is 0 Å². The van der Waals surface area contributed by atoms with Gasteiger partial charge in [-0.15, -0.1) is 11.8 Å². The van der Waals surface area contributed by atoms with Crippen LogP contribution in [0.4, 0.5) is 0 Å². The second kappa shape index (κ2) is 12.6. The van der Waals surface area contributed by atoms with Gasteiger partial charge in [0, 0.05) is 23.2 Å². The number of benzene rings is 1. The van der Waals surface area contributed by atoms with Crippen LogP contribution in [0.25, 0.3) is 6.08 Å². The Morgan fingerprint density at radius 2 is 1.97 bits per heavy atom. The Balaban J connectivity index is 0.00000155. The van der Waals surface area contributed by atoms with E-state index >= 15 is 0 Å². The van der Waals surface area contributed by atoms with Gasteiger partial charge < -0.3 is 4.90 Å². The molecule has 1 aliphatic heterocycles. The molecular weight excluding hydrogens is 388 g/mol. The number of carbonyl (C=O) groups excluding carboxylic acids is 1. The summed E-state index contributed by atoms with van der Waals surface area (Å²) < 4.78 is 0. The third kappa shape index (κ3) is 6.21. The Bertz CT molecular complexity index is 847. The first-order valence-electron chi connectivity index (χ1n) is 11.3. The van der Waals surface area contributed by atoms with Crippen molar-refractivity contribution >= 4 is 23.7 Å². The zero-order valence-electron chi connectivity index (χ0n) is 19.1. The van der Waals surface area contributed by atoms with Crippen molar-refractivity contribution in [3.8, 4) is 0 Å². The molecule has 2 heterocycles. The maximum atomic E-state index is 13.0. The van der Waals surface area contributed by atoms with Crippen molar-refractivity contribution in [2.24, 2.45) is 0 Å². The number of rotatable bonds is 6. The Morgan fingerprint density at radius 1 is 1.20 bits per heavy atom. The number of likely N-dealkylation sites (tertiary alicyclic amines) is 1. The van der Waals surface area contributed by atoms with Gasteiger partial charge in [-0.05, 0) is 68.9 Å². The molecule has 162 valence electrons. The lowest BCUT2D eigenvalue weighted by Gasteiger charge is -2.35. The van der Waals surface area contributed by atoms with E-state index in [9.17, 15) is 4.79 Å². The number of aromatic nitrogens is 1. The van der Waals surface area contributed by atoms with Gasteiger partial charge in [0.1, 0.15) is 5.69 Å². The Kier molecular flexibility index (Phi) is 10.2. The highest BCUT2D eigenvalue weighted by Gasteiger charge is 2.26. The molecule has 1 aromatic heterocycles. The number of amides is 1. The van der Waals surface area contributed by atoms with Crippen molar-refractivity contribution in [1.29, 1.82) is 0 Å². The van der Waals surface area contributed by atoms with Crippen molar-refractivity contribution in [2.45, 2.75) is 77.0 Å². The number of allylic oxidation sites excluding steroid dienone is 1. The standard InChI is InChI=1S/C24H30N2OS.C2H6/c1-4-10-21-18(3)11-8-15-23(21)28-17-19-12-9-14-22(25-19)24(27)26-16-7-6-13-20(26)5-2;1-2/h4,8-12,14-15,20H,5-7,13,16-17H2,1-3H3;1-2H3/b10-4-;. The van der Waals surface area contributed by atoms with Crippen LogP contribution in [0, 0.1) is 6.92 Å². The number of carbonyl (C=O) groups is 1. The number of hydrogen-bond acceptors (Lipinski definition) is 3. The smallest absolute Gasteiger partial charge is 0.272 e. The van der Waals surface area contributed by atoms with E-state index in [-0.39, 0.29) is 5.91 Å². The zero-order valence-corrected chi connectivity index (χ0v) is 20.0. The molecule has 0 bridgehead atoms. The topological polar surface area (TPSA) is 33.2 Å². The Morgan fingerprint density at radius 3 is 2.70 bits per heavy atom. The van der Waals surface area contributed by atoms with E-state index in [0.29, 0.717) is 11.7 Å². The summed E-state index contributed by atoms with van der Waals surface area (Å²) in [6.07, 6.45) is 8.68. The fourth-order valence-corrected chi connectivity index (χ4v) is 4.85. The minimum atomic E-state index is 0.0866. The lowest BCUT2D eigenvalue weighted by atomic mass is 9.99. The summed E-state index contributed by atoms with van der Waals surface area (Å²) in [5.74, 6) is 0.843. The zero-order chi connectivity index (χ0) is 21.9. The maximum absolute atomic E-state index is 13.0. The highest BCUT2D eigenvalue weighted by molar-refractivity contribution is 7.98. The molecule has 0 radical (unpaired) electrons. The first kappa shape index (κ1) is 24.2.